The van der Waals surface area contributed by atoms with Gasteiger partial charge >= 0.3 is 94.3 Å². The van der Waals surface area contributed by atoms with Gasteiger partial charge in [0.25, 0.3) is 17.3 Å². The first-order valence-corrected chi connectivity index (χ1v) is 55.9. The number of esters is 2. The summed E-state index contributed by atoms with van der Waals surface area (Å²) in [6, 6.07) is -1.72. The molecule has 0 radical (unpaired) electrons. The van der Waals surface area contributed by atoms with Crippen molar-refractivity contribution < 1.29 is 222 Å². The molecule has 0 saturated carbocycles. The highest BCUT2D eigenvalue weighted by Crippen LogP contribution is 2.69. The lowest BCUT2D eigenvalue weighted by Gasteiger charge is -2.19. The van der Waals surface area contributed by atoms with E-state index in [0.29, 0.717) is 60.2 Å². The van der Waals surface area contributed by atoms with Crippen LogP contribution in [0.5, 0.6) is 11.8 Å². The van der Waals surface area contributed by atoms with Gasteiger partial charge in [-0.2, -0.15) is 76.0 Å². The van der Waals surface area contributed by atoms with E-state index in [1.807, 2.05) is 0 Å². The Kier molecular flexibility index (Phi) is 47.4. The summed E-state index contributed by atoms with van der Waals surface area (Å²) in [4.78, 5) is 232. The lowest BCUT2D eigenvalue weighted by molar-refractivity contribution is -0.142. The lowest BCUT2D eigenvalue weighted by atomic mass is 10.2. The fraction of sp³-hybridized carbons (Fsp3) is 0.614. The van der Waals surface area contributed by atoms with Crippen molar-refractivity contribution in [2.75, 3.05) is 65.8 Å². The number of hydrogen-bond donors (Lipinski definition) is 25. The number of aliphatic hydroxyl groups is 3. The average molecular weight is 2220 g/mol. The number of carbonyl (C=O) groups is 7. The van der Waals surface area contributed by atoms with Crippen molar-refractivity contribution in [1.29, 1.82) is 0 Å². The number of nitrogens with two attached hydrogens (primary N) is 3. The number of phosphoric ester groups is 3. The zero-order valence-electron chi connectivity index (χ0n) is 69.0. The number of carboxylic acids is 2. The Hall–Kier alpha value is -5.92. The van der Waals surface area contributed by atoms with Crippen LogP contribution < -0.4 is 42.9 Å². The van der Waals surface area contributed by atoms with Crippen molar-refractivity contribution in [3.8, 4) is 11.8 Å². The first-order chi connectivity index (χ1) is 62.5. The fourth-order valence-electron chi connectivity index (χ4n) is 11.1. The number of ether oxygens (including phenoxy) is 5. The first-order valence-electron chi connectivity index (χ1n) is 37.6. The molecular weight excluding hydrogens is 2130 g/mol. The number of hydrogen-bond acceptors (Lipinski definition) is 50. The fourth-order valence-corrected chi connectivity index (χ4v) is 23.5. The van der Waals surface area contributed by atoms with Crippen molar-refractivity contribution in [2.24, 2.45) is 0 Å². The molecule has 6 aromatic rings. The smallest absolute Gasteiger partial charge is 0.480 e. The van der Waals surface area contributed by atoms with Gasteiger partial charge in [0, 0.05) is 69.6 Å². The van der Waals surface area contributed by atoms with E-state index in [4.69, 9.17) is 85.4 Å². The summed E-state index contributed by atoms with van der Waals surface area (Å²) in [7, 11) is -47.0. The summed E-state index contributed by atoms with van der Waals surface area (Å²) in [5.74, 6) is -1.90. The third-order valence-corrected chi connectivity index (χ3v) is 32.1. The maximum atomic E-state index is 12.5. The van der Waals surface area contributed by atoms with E-state index in [1.165, 1.54) is 79.9 Å². The van der Waals surface area contributed by atoms with E-state index in [9.17, 15) is 119 Å². The normalized spacial score (nSPS) is 22.0. The molecule has 17 unspecified atom stereocenters. The number of aromatic amines is 1. The van der Waals surface area contributed by atoms with Crippen molar-refractivity contribution in [3.05, 3.63) is 29.3 Å². The average Bonchev–Trinajstić information content (AvgIpc) is 1.63. The molecule has 4 aliphatic rings. The van der Waals surface area contributed by atoms with E-state index >= 15 is 0 Å². The van der Waals surface area contributed by atoms with E-state index in [1.54, 1.807) is 0 Å². The minimum Gasteiger partial charge on any atom is -0.480 e. The quantitative estimate of drug-likeness (QED) is 0.00847. The van der Waals surface area contributed by atoms with Crippen LogP contribution in [0.4, 0.5) is 17.8 Å². The summed E-state index contributed by atoms with van der Waals surface area (Å²) < 4.78 is 168. The Labute approximate surface area is 787 Å². The molecule has 6 aromatic heterocycles. The highest BCUT2D eigenvalue weighted by molar-refractivity contribution is 8.76. The number of carboxylic acid groups (broad SMARTS) is 2. The maximum absolute atomic E-state index is 12.5. The molecule has 4 aliphatic heterocycles. The standard InChI is InChI=1S/C21H33N6O17P3S2.C14H22N5O14P3S.C10H16N5O13P3.C7H13NO3S.C4H6OS.CH4/c1-11(28)24-12(20(31)32)4-2-6-48-49-7-3-5-16(30)42-19-17-18(25-21(22)26-19)27(10-23-17)15-8-13(29)14(41-15)9-40-46(36,37)44-47(38,39)43-45(33,34)35;15-14-17-12-11(13(18-14)31-10(21)2-1-3-37)16-6-19(12)9-4-7(20)8(30-9)5-29-35(25,26)33-36(27,28)32-34(22,23)24;11-10-13-8-7(9(17)14-10)12-3-15(8)6-1-4(16)5(26-6)2-25-30(21,22)28-31(23,24)27-29(18,19)20;1-5(9)8-6(7(10)11)3-2-4-12;5-4-2-1-3-6-4;/h10,12-15,29H,2-9H2,1H3,(H,24,28)(H,31,32)(H,36,37)(H,38,39)(H2,22,25,26)(H2,33,34,35);6-9,20,37H,1-5H2,(H,25,26)(H,27,28)(H2,15,17,18)(H2,22,23,24);3-6,16H,1-2H2,(H,21,22)(H,23,24)(H2,18,19,20)(H3,11,13,14,17);6,12H,2-4H2,1H3,(H,8,9)(H,10,11);1-3H2;1H4. The number of phosphoric acid groups is 9. The Morgan fingerprint density at radius 2 is 0.846 bits per heavy atom. The third-order valence-electron chi connectivity index (χ3n) is 16.4. The Bertz CT molecular complexity index is 5660. The zero-order valence-corrected chi connectivity index (χ0v) is 81.3. The Balaban J connectivity index is 0.000000334. The van der Waals surface area contributed by atoms with Gasteiger partial charge in [-0.25, -0.2) is 65.6 Å². The number of aliphatic carboxylic acids is 2. The predicted octanol–water partition coefficient (Wildman–Crippen LogP) is 1.51. The molecule has 0 aromatic carbocycles. The van der Waals surface area contributed by atoms with Gasteiger partial charge in [0.1, 0.15) is 49.1 Å². The van der Waals surface area contributed by atoms with Gasteiger partial charge in [0.15, 0.2) is 38.6 Å². The number of thioether (sulfide) groups is 1. The van der Waals surface area contributed by atoms with Crippen LogP contribution in [-0.2, 0) is 128 Å². The zero-order chi connectivity index (χ0) is 101. The van der Waals surface area contributed by atoms with Gasteiger partial charge < -0.3 is 136 Å². The second-order valence-corrected chi connectivity index (χ2v) is 45.2. The highest BCUT2D eigenvalue weighted by atomic mass is 33.1. The number of nitrogens with one attached hydrogen (secondary N) is 3. The topological polar surface area (TPSA) is 999 Å². The van der Waals surface area contributed by atoms with Gasteiger partial charge in [-0.05, 0) is 56.5 Å². The number of anilines is 3. The van der Waals surface area contributed by atoms with Gasteiger partial charge in [-0.15, -0.1) is 0 Å². The van der Waals surface area contributed by atoms with Crippen LogP contribution in [0.2, 0.25) is 0 Å². The second-order valence-electron chi connectivity index (χ2n) is 27.2. The van der Waals surface area contributed by atoms with Crippen LogP contribution in [0.15, 0.2) is 23.8 Å². The third kappa shape index (κ3) is 42.3. The number of aliphatic hydroxyl groups excluding tert-OH is 3. The number of aromatic nitrogens is 12. The molecule has 10 rings (SSSR count). The van der Waals surface area contributed by atoms with Gasteiger partial charge in [-0.3, -0.25) is 61.0 Å². The second kappa shape index (κ2) is 53.4. The SMILES string of the molecule is C.CC(=O)NC(CCCS)C(=O)O.CC(=O)NC(CCCSSCCCC(=O)Oc1nc(N)nc2c1ncn2C1CC(O)C(COP(=O)(O)OP(=O)(O)OP(=O)(O)O)O1)C(=O)O.Nc1nc(OC(=O)CCCS)c2ncn(C3CC(O)C(COP(=O)(O)OP(=O)(O)OP(=O)(O)O)O3)c2n1.Nc1nc2c(ncn2C2CC(O)C(COP(=O)(O)OP(=O)(O)OP(=O)(O)O)O2)c(=O)[nH]1.O=C1CCCS1. The summed E-state index contributed by atoms with van der Waals surface area (Å²) in [6.45, 7) is -0.0503. The number of amides is 2. The summed E-state index contributed by atoms with van der Waals surface area (Å²) in [6.07, 6.45) is -2.56. The van der Waals surface area contributed by atoms with Crippen molar-refractivity contribution in [1.82, 2.24) is 69.2 Å². The van der Waals surface area contributed by atoms with E-state index in [2.05, 4.69) is 120 Å². The van der Waals surface area contributed by atoms with Crippen LogP contribution in [0, 0.1) is 0 Å². The summed E-state index contributed by atoms with van der Waals surface area (Å²) in [5, 5.41) is 53.7. The van der Waals surface area contributed by atoms with Crippen LogP contribution in [0.25, 0.3) is 33.5 Å². The van der Waals surface area contributed by atoms with Gasteiger partial charge in [0.05, 0.1) is 57.1 Å². The van der Waals surface area contributed by atoms with Gasteiger partial charge in [0.2, 0.25) is 29.7 Å². The van der Waals surface area contributed by atoms with Crippen molar-refractivity contribution in [2.45, 2.75) is 172 Å². The maximum Gasteiger partial charge on any atom is 0.490 e. The molecule has 770 valence electrons. The van der Waals surface area contributed by atoms with Crippen LogP contribution in [0.1, 0.15) is 123 Å². The molecular formula is C57H94N17O48P9S5. The highest BCUT2D eigenvalue weighted by Gasteiger charge is 2.48. The molecule has 4 fully saturated rings. The molecule has 0 bridgehead atoms. The summed E-state index contributed by atoms with van der Waals surface area (Å²) >= 11 is 9.43. The Morgan fingerprint density at radius 3 is 1.16 bits per heavy atom. The number of nitrogens with zero attached hydrogens (tertiary/aromatic N) is 11. The van der Waals surface area contributed by atoms with E-state index < -0.39 is 193 Å². The van der Waals surface area contributed by atoms with Crippen molar-refractivity contribution >= 4 is 221 Å². The molecule has 136 heavy (non-hydrogen) atoms. The molecule has 10 heterocycles. The number of fused-ring (bicyclic) bond motifs is 3. The van der Waals surface area contributed by atoms with Crippen LogP contribution in [0.3, 0.4) is 0 Å². The van der Waals surface area contributed by atoms with Crippen LogP contribution in [-0.4, -0.2) is 281 Å². The molecule has 79 heteroatoms. The monoisotopic (exact) mass is 2220 g/mol. The number of nitrogen functional groups attached to an aromatic ring is 3. The predicted molar refractivity (Wildman–Crippen MR) is 470 cm³/mol. The van der Waals surface area contributed by atoms with E-state index in [0.717, 1.165) is 18.6 Å². The molecule has 26 N–H and O–H groups in total. The summed E-state index contributed by atoms with van der Waals surface area (Å²) in [5.41, 5.74) is 16.6. The van der Waals surface area contributed by atoms with Gasteiger partial charge in [-0.1, -0.05) is 40.8 Å². The number of imidazole rings is 3. The molecule has 17 atom stereocenters. The molecule has 2 amide bonds. The first kappa shape index (κ1) is 121. The molecule has 65 nitrogen and oxygen atoms in total. The molecule has 0 spiro atoms. The Morgan fingerprint density at radius 1 is 0.507 bits per heavy atom. The number of rotatable bonds is 45. The largest absolute Gasteiger partial charge is 0.490 e. The minimum absolute atomic E-state index is 0. The van der Waals surface area contributed by atoms with E-state index in [-0.39, 0.29) is 115 Å². The van der Waals surface area contributed by atoms with Crippen molar-refractivity contribution in [3.63, 3.8) is 0 Å². The number of thiol groups is 2. The molecule has 4 saturated heterocycles. The lowest BCUT2D eigenvalue weighted by Crippen LogP contribution is -2.39. The van der Waals surface area contributed by atoms with Crippen LogP contribution >= 0.6 is 129 Å². The minimum atomic E-state index is -5.74. The number of carbonyl (C=O) groups excluding carboxylic acids is 5. The molecule has 0 aliphatic carbocycles. The number of H-pyrrole nitrogens is 1.